The van der Waals surface area contributed by atoms with E-state index in [0.717, 1.165) is 0 Å². The molecular weight excluding hydrogens is 355 g/mol. The zero-order valence-corrected chi connectivity index (χ0v) is 13.4. The predicted octanol–water partition coefficient (Wildman–Crippen LogP) is 5.15. The maximum atomic E-state index is 5.94. The fourth-order valence-electron chi connectivity index (χ4n) is 1.36. The van der Waals surface area contributed by atoms with Gasteiger partial charge in [-0.1, -0.05) is 41.4 Å². The van der Waals surface area contributed by atoms with Crippen molar-refractivity contribution < 1.29 is 0 Å². The van der Waals surface area contributed by atoms with Crippen LogP contribution >= 0.6 is 50.9 Å². The van der Waals surface area contributed by atoms with Crippen LogP contribution in [0.1, 0.15) is 11.4 Å². The van der Waals surface area contributed by atoms with Gasteiger partial charge in [0.1, 0.15) is 16.1 Å². The van der Waals surface area contributed by atoms with Gasteiger partial charge in [-0.2, -0.15) is 0 Å². The van der Waals surface area contributed by atoms with Gasteiger partial charge in [-0.05, 0) is 34.5 Å². The Labute approximate surface area is 128 Å². The van der Waals surface area contributed by atoms with Gasteiger partial charge in [0.15, 0.2) is 0 Å². The molecule has 94 valence electrons. The molecule has 1 heterocycles. The number of benzene rings is 1. The minimum Gasteiger partial charge on any atom is -0.219 e. The number of thioether (sulfide) groups is 1. The first-order valence-corrected chi connectivity index (χ1v) is 7.67. The lowest BCUT2D eigenvalue weighted by Gasteiger charge is -2.06. The molecule has 0 atom stereocenters. The minimum atomic E-state index is 0.343. The molecule has 0 saturated carbocycles. The van der Waals surface area contributed by atoms with Crippen LogP contribution in [-0.4, -0.2) is 9.97 Å². The van der Waals surface area contributed by atoms with Crippen molar-refractivity contribution >= 4 is 50.9 Å². The highest BCUT2D eigenvalue weighted by molar-refractivity contribution is 9.10. The summed E-state index contributed by atoms with van der Waals surface area (Å²) in [4.78, 5) is 9.57. The number of nitrogens with zero attached hydrogens (tertiary/aromatic N) is 2. The third-order valence-corrected chi connectivity index (χ3v) is 5.19. The van der Waals surface area contributed by atoms with Gasteiger partial charge < -0.3 is 0 Å². The van der Waals surface area contributed by atoms with E-state index in [0.29, 0.717) is 26.4 Å². The van der Waals surface area contributed by atoms with Crippen molar-refractivity contribution in [2.24, 2.45) is 0 Å². The van der Waals surface area contributed by atoms with Crippen molar-refractivity contribution in [2.45, 2.75) is 17.6 Å². The Bertz CT molecular complexity index is 555. The highest BCUT2D eigenvalue weighted by Gasteiger charge is 2.09. The van der Waals surface area contributed by atoms with E-state index in [1.54, 1.807) is 11.8 Å². The van der Waals surface area contributed by atoms with Crippen molar-refractivity contribution in [2.75, 3.05) is 0 Å². The van der Waals surface area contributed by atoms with Crippen LogP contribution in [-0.2, 0) is 5.75 Å². The van der Waals surface area contributed by atoms with Crippen molar-refractivity contribution in [3.63, 3.8) is 0 Å². The maximum absolute atomic E-state index is 5.94. The third-order valence-electron chi connectivity index (χ3n) is 2.27. The van der Waals surface area contributed by atoms with E-state index in [1.165, 1.54) is 10.5 Å². The summed E-state index contributed by atoms with van der Waals surface area (Å²) in [6.07, 6.45) is 0. The molecular formula is C12H9BrCl2N2S. The first-order chi connectivity index (χ1) is 8.58. The number of aryl methyl sites for hydroxylation is 1. The molecule has 0 radical (unpaired) electrons. The lowest BCUT2D eigenvalue weighted by molar-refractivity contribution is 1.02. The lowest BCUT2D eigenvalue weighted by atomic mass is 10.2. The molecule has 0 spiro atoms. The van der Waals surface area contributed by atoms with Gasteiger partial charge in [-0.25, -0.2) is 9.97 Å². The topological polar surface area (TPSA) is 25.8 Å². The SMILES string of the molecule is Cc1ccccc1SCc1nc(Cl)c(Br)c(Cl)n1. The van der Waals surface area contributed by atoms with Crippen LogP contribution in [0.4, 0.5) is 0 Å². The fraction of sp³-hybridized carbons (Fsp3) is 0.167. The Morgan fingerprint density at radius 1 is 1.17 bits per heavy atom. The number of hydrogen-bond acceptors (Lipinski definition) is 3. The van der Waals surface area contributed by atoms with Gasteiger partial charge in [0.05, 0.1) is 10.2 Å². The molecule has 2 aromatic rings. The molecule has 6 heteroatoms. The van der Waals surface area contributed by atoms with Gasteiger partial charge >= 0.3 is 0 Å². The molecule has 0 aliphatic carbocycles. The van der Waals surface area contributed by atoms with Crippen LogP contribution in [0.3, 0.4) is 0 Å². The van der Waals surface area contributed by atoms with Crippen molar-refractivity contribution in [3.05, 3.63) is 50.4 Å². The Kier molecular flexibility index (Phi) is 4.90. The molecule has 1 aromatic heterocycles. The number of aromatic nitrogens is 2. The molecule has 0 bridgehead atoms. The summed E-state index contributed by atoms with van der Waals surface area (Å²) in [5.74, 6) is 1.26. The Balaban J connectivity index is 2.14. The number of rotatable bonds is 3. The van der Waals surface area contributed by atoms with E-state index in [2.05, 4.69) is 45.0 Å². The maximum Gasteiger partial charge on any atom is 0.148 e. The number of halogens is 3. The molecule has 2 nitrogen and oxygen atoms in total. The van der Waals surface area contributed by atoms with Crippen molar-refractivity contribution in [3.8, 4) is 0 Å². The molecule has 1 aromatic carbocycles. The van der Waals surface area contributed by atoms with Gasteiger partial charge in [0.25, 0.3) is 0 Å². The number of hydrogen-bond donors (Lipinski definition) is 0. The zero-order valence-electron chi connectivity index (χ0n) is 9.45. The molecule has 0 unspecified atom stereocenters. The van der Waals surface area contributed by atoms with E-state index < -0.39 is 0 Å². The Morgan fingerprint density at radius 3 is 2.39 bits per heavy atom. The van der Waals surface area contributed by atoms with Gasteiger partial charge in [-0.3, -0.25) is 0 Å². The van der Waals surface area contributed by atoms with E-state index in [9.17, 15) is 0 Å². The van der Waals surface area contributed by atoms with Crippen molar-refractivity contribution in [1.82, 2.24) is 9.97 Å². The summed E-state index contributed by atoms with van der Waals surface area (Å²) in [7, 11) is 0. The second kappa shape index (κ2) is 6.24. The standard InChI is InChI=1S/C12H9BrCl2N2S/c1-7-4-2-3-5-8(7)18-6-9-16-11(14)10(13)12(15)17-9/h2-5H,6H2,1H3. The third kappa shape index (κ3) is 3.38. The first kappa shape index (κ1) is 14.1. The molecule has 0 amide bonds. The quantitative estimate of drug-likeness (QED) is 0.557. The molecule has 0 fully saturated rings. The molecule has 2 rings (SSSR count). The zero-order chi connectivity index (χ0) is 13.1. The van der Waals surface area contributed by atoms with Gasteiger partial charge in [0, 0.05) is 4.90 Å². The summed E-state index contributed by atoms with van der Waals surface area (Å²) < 4.78 is 0.537. The fourth-order valence-corrected chi connectivity index (χ4v) is 2.84. The molecule has 18 heavy (non-hydrogen) atoms. The minimum absolute atomic E-state index is 0.343. The van der Waals surface area contributed by atoms with E-state index in [-0.39, 0.29) is 0 Å². The molecule has 0 aliphatic rings. The average Bonchev–Trinajstić information content (AvgIpc) is 2.35. The summed E-state index contributed by atoms with van der Waals surface area (Å²) in [5, 5.41) is 0.686. The molecule has 0 N–H and O–H groups in total. The van der Waals surface area contributed by atoms with Crippen LogP contribution in [0.15, 0.2) is 33.6 Å². The highest BCUT2D eigenvalue weighted by atomic mass is 79.9. The first-order valence-electron chi connectivity index (χ1n) is 5.14. The predicted molar refractivity (Wildman–Crippen MR) is 80.5 cm³/mol. The summed E-state index contributed by atoms with van der Waals surface area (Å²) in [6, 6.07) is 8.17. The molecule has 0 saturated heterocycles. The Hall–Kier alpha value is -0.290. The van der Waals surface area contributed by atoms with Crippen LogP contribution in [0.25, 0.3) is 0 Å². The van der Waals surface area contributed by atoms with Crippen LogP contribution < -0.4 is 0 Å². The summed E-state index contributed by atoms with van der Waals surface area (Å²) >= 11 is 16.8. The lowest BCUT2D eigenvalue weighted by Crippen LogP contribution is -1.95. The average molecular weight is 364 g/mol. The normalized spacial score (nSPS) is 10.7. The van der Waals surface area contributed by atoms with Crippen LogP contribution in [0.2, 0.25) is 10.3 Å². The monoisotopic (exact) mass is 362 g/mol. The van der Waals surface area contributed by atoms with Crippen molar-refractivity contribution in [1.29, 1.82) is 0 Å². The largest absolute Gasteiger partial charge is 0.219 e. The van der Waals surface area contributed by atoms with Gasteiger partial charge in [0.2, 0.25) is 0 Å². The van der Waals surface area contributed by atoms with E-state index in [1.807, 2.05) is 12.1 Å². The second-order valence-corrected chi connectivity index (χ2v) is 6.12. The van der Waals surface area contributed by atoms with E-state index in [4.69, 9.17) is 23.2 Å². The van der Waals surface area contributed by atoms with Gasteiger partial charge in [-0.15, -0.1) is 11.8 Å². The summed E-state index contributed by atoms with van der Waals surface area (Å²) in [5.41, 5.74) is 1.23. The highest BCUT2D eigenvalue weighted by Crippen LogP contribution is 2.29. The van der Waals surface area contributed by atoms with Crippen LogP contribution in [0.5, 0.6) is 0 Å². The van der Waals surface area contributed by atoms with E-state index >= 15 is 0 Å². The smallest absolute Gasteiger partial charge is 0.148 e. The molecule has 0 aliphatic heterocycles. The second-order valence-electron chi connectivity index (χ2n) is 3.59. The Morgan fingerprint density at radius 2 is 1.78 bits per heavy atom. The summed E-state index contributed by atoms with van der Waals surface area (Å²) in [6.45, 7) is 2.07. The van der Waals surface area contributed by atoms with Crippen LogP contribution in [0, 0.1) is 6.92 Å².